The van der Waals surface area contributed by atoms with Gasteiger partial charge in [0.25, 0.3) is 5.56 Å². The van der Waals surface area contributed by atoms with Crippen molar-refractivity contribution >= 4 is 17.1 Å². The van der Waals surface area contributed by atoms with E-state index in [-0.39, 0.29) is 28.8 Å². The zero-order valence-corrected chi connectivity index (χ0v) is 17.5. The van der Waals surface area contributed by atoms with Crippen LogP contribution in [0.15, 0.2) is 35.1 Å². The predicted molar refractivity (Wildman–Crippen MR) is 114 cm³/mol. The van der Waals surface area contributed by atoms with Gasteiger partial charge in [0.15, 0.2) is 11.2 Å². The number of aromatic nitrogens is 5. The zero-order valence-electron chi connectivity index (χ0n) is 17.5. The van der Waals surface area contributed by atoms with Crippen LogP contribution in [0.2, 0.25) is 0 Å². The Morgan fingerprint density at radius 3 is 2.73 bits per heavy atom. The summed E-state index contributed by atoms with van der Waals surface area (Å²) in [5.74, 6) is 0.902. The molecule has 0 saturated carbocycles. The van der Waals surface area contributed by atoms with Crippen LogP contribution in [-0.4, -0.2) is 48.9 Å². The van der Waals surface area contributed by atoms with Crippen LogP contribution in [0.1, 0.15) is 56.8 Å². The number of carbonyl (C=O) groups excluding carboxylic acids is 1. The first-order valence-electron chi connectivity index (χ1n) is 10.8. The normalized spacial score (nSPS) is 17.0. The number of nitrogens with one attached hydrogen (secondary N) is 1. The zero-order chi connectivity index (χ0) is 21.1. The molecule has 1 amide bonds. The Hall–Kier alpha value is -3.03. The number of hydrogen-bond acceptors (Lipinski definition) is 5. The quantitative estimate of drug-likeness (QED) is 0.676. The van der Waals surface area contributed by atoms with E-state index < -0.39 is 0 Å². The van der Waals surface area contributed by atoms with Crippen molar-refractivity contribution in [2.45, 2.75) is 52.0 Å². The molecule has 0 spiro atoms. The molecule has 0 aliphatic carbocycles. The Bertz CT molecular complexity index is 1070. The number of piperidine rings is 1. The lowest BCUT2D eigenvalue weighted by molar-refractivity contribution is -0.137. The van der Waals surface area contributed by atoms with Crippen molar-refractivity contribution in [1.82, 2.24) is 29.9 Å². The molecule has 8 heteroatoms. The van der Waals surface area contributed by atoms with Gasteiger partial charge in [0, 0.05) is 24.9 Å². The van der Waals surface area contributed by atoms with E-state index in [4.69, 9.17) is 4.98 Å². The molecule has 0 radical (unpaired) electrons. The highest BCUT2D eigenvalue weighted by molar-refractivity contribution is 5.79. The molecule has 1 aromatic carbocycles. The van der Waals surface area contributed by atoms with Gasteiger partial charge in [-0.25, -0.2) is 9.67 Å². The van der Waals surface area contributed by atoms with Gasteiger partial charge < -0.3 is 9.88 Å². The summed E-state index contributed by atoms with van der Waals surface area (Å²) in [4.78, 5) is 35.0. The number of rotatable bonds is 6. The van der Waals surface area contributed by atoms with Crippen LogP contribution < -0.4 is 5.56 Å². The number of likely N-dealkylation sites (tertiary alicyclic amines) is 1. The van der Waals surface area contributed by atoms with Crippen molar-refractivity contribution < 1.29 is 4.79 Å². The fraction of sp³-hybridized carbons (Fsp3) is 0.500. The van der Waals surface area contributed by atoms with E-state index in [1.54, 1.807) is 4.68 Å². The summed E-state index contributed by atoms with van der Waals surface area (Å²) in [6.45, 7) is 5.97. The first-order valence-corrected chi connectivity index (χ1v) is 10.8. The third-order valence-corrected chi connectivity index (χ3v) is 6.02. The summed E-state index contributed by atoms with van der Waals surface area (Å²) in [5.41, 5.74) is 1.52. The maximum Gasteiger partial charge on any atom is 0.281 e. The number of nitrogens with zero attached hydrogens (tertiary/aromatic N) is 5. The van der Waals surface area contributed by atoms with Crippen molar-refractivity contribution in [3.8, 4) is 0 Å². The van der Waals surface area contributed by atoms with Gasteiger partial charge in [-0.15, -0.1) is 5.10 Å². The van der Waals surface area contributed by atoms with Gasteiger partial charge in [-0.3, -0.25) is 9.59 Å². The number of benzene rings is 1. The molecule has 158 valence electrons. The van der Waals surface area contributed by atoms with Gasteiger partial charge in [-0.1, -0.05) is 49.4 Å². The molecule has 3 heterocycles. The predicted octanol–water partition coefficient (Wildman–Crippen LogP) is 2.71. The number of aromatic amines is 1. The average molecular weight is 409 g/mol. The molecule has 30 heavy (non-hydrogen) atoms. The molecule has 1 N–H and O–H groups in total. The van der Waals surface area contributed by atoms with Crippen LogP contribution >= 0.6 is 0 Å². The topological polar surface area (TPSA) is 96.8 Å². The standard InChI is InChI=1S/C22H28N6O2/c1-3-16(4-2)22(30)27-12-8-11-17(14-27)19-23-20-18(21(29)24-19)25-26-28(20)13-15-9-6-5-7-10-15/h5-7,9-10,16-17H,3-4,8,11-14H2,1-2H3,(H,23,24,29). The van der Waals surface area contributed by atoms with Crippen LogP contribution in [0.3, 0.4) is 0 Å². The average Bonchev–Trinajstić information content (AvgIpc) is 3.18. The first-order chi connectivity index (χ1) is 14.6. The molecule has 8 nitrogen and oxygen atoms in total. The van der Waals surface area contributed by atoms with Crippen molar-refractivity contribution in [2.24, 2.45) is 5.92 Å². The Morgan fingerprint density at radius 2 is 2.00 bits per heavy atom. The van der Waals surface area contributed by atoms with Crippen molar-refractivity contribution in [1.29, 1.82) is 0 Å². The lowest BCUT2D eigenvalue weighted by Crippen LogP contribution is -2.42. The van der Waals surface area contributed by atoms with E-state index in [0.29, 0.717) is 24.6 Å². The van der Waals surface area contributed by atoms with E-state index >= 15 is 0 Å². The molecule has 1 atom stereocenters. The third kappa shape index (κ3) is 3.99. The fourth-order valence-corrected chi connectivity index (χ4v) is 4.24. The van der Waals surface area contributed by atoms with Gasteiger partial charge in [-0.2, -0.15) is 0 Å². The molecule has 4 rings (SSSR count). The summed E-state index contributed by atoms with van der Waals surface area (Å²) in [6.07, 6.45) is 3.49. The van der Waals surface area contributed by atoms with E-state index in [2.05, 4.69) is 29.1 Å². The highest BCUT2D eigenvalue weighted by Gasteiger charge is 2.29. The molecule has 2 aromatic heterocycles. The minimum absolute atomic E-state index is 0.00855. The Labute approximate surface area is 175 Å². The Balaban J connectivity index is 1.61. The van der Waals surface area contributed by atoms with Gasteiger partial charge in [0.2, 0.25) is 5.91 Å². The van der Waals surface area contributed by atoms with E-state index in [0.717, 1.165) is 37.8 Å². The van der Waals surface area contributed by atoms with Gasteiger partial charge in [0.1, 0.15) is 5.82 Å². The molecule has 0 bridgehead atoms. The lowest BCUT2D eigenvalue weighted by atomic mass is 9.94. The first kappa shape index (κ1) is 20.3. The number of amides is 1. The van der Waals surface area contributed by atoms with E-state index in [1.807, 2.05) is 35.2 Å². The summed E-state index contributed by atoms with van der Waals surface area (Å²) in [6, 6.07) is 9.90. The minimum Gasteiger partial charge on any atom is -0.342 e. The Morgan fingerprint density at radius 1 is 1.23 bits per heavy atom. The summed E-state index contributed by atoms with van der Waals surface area (Å²) in [7, 11) is 0. The second-order valence-electron chi connectivity index (χ2n) is 7.99. The summed E-state index contributed by atoms with van der Waals surface area (Å²) < 4.78 is 1.67. The highest BCUT2D eigenvalue weighted by atomic mass is 16.2. The molecule has 1 aliphatic rings. The molecule has 1 saturated heterocycles. The molecule has 1 aliphatic heterocycles. The maximum absolute atomic E-state index is 12.8. The molecular formula is C22H28N6O2. The maximum atomic E-state index is 12.8. The van der Waals surface area contributed by atoms with Gasteiger partial charge in [0.05, 0.1) is 6.54 Å². The summed E-state index contributed by atoms with van der Waals surface area (Å²) in [5, 5.41) is 8.18. The Kier molecular flexibility index (Phi) is 5.92. The van der Waals surface area contributed by atoms with Gasteiger partial charge in [-0.05, 0) is 31.2 Å². The van der Waals surface area contributed by atoms with Crippen LogP contribution in [-0.2, 0) is 11.3 Å². The van der Waals surface area contributed by atoms with Crippen LogP contribution in [0.5, 0.6) is 0 Å². The molecule has 1 fully saturated rings. The SMILES string of the molecule is CCC(CC)C(=O)N1CCCC(c2nc3c(nnn3Cc3ccccc3)c(=O)[nH]2)C1. The molecule has 1 unspecified atom stereocenters. The fourth-order valence-electron chi connectivity index (χ4n) is 4.24. The van der Waals surface area contributed by atoms with Crippen molar-refractivity contribution in [2.75, 3.05) is 13.1 Å². The number of carbonyl (C=O) groups is 1. The van der Waals surface area contributed by atoms with Gasteiger partial charge >= 0.3 is 0 Å². The van der Waals surface area contributed by atoms with E-state index in [9.17, 15) is 9.59 Å². The van der Waals surface area contributed by atoms with Crippen LogP contribution in [0, 0.1) is 5.92 Å². The second-order valence-corrected chi connectivity index (χ2v) is 7.99. The smallest absolute Gasteiger partial charge is 0.281 e. The highest BCUT2D eigenvalue weighted by Crippen LogP contribution is 2.26. The van der Waals surface area contributed by atoms with Crippen LogP contribution in [0.25, 0.3) is 11.2 Å². The number of H-pyrrole nitrogens is 1. The summed E-state index contributed by atoms with van der Waals surface area (Å²) >= 11 is 0. The molecular weight excluding hydrogens is 380 g/mol. The second kappa shape index (κ2) is 8.77. The van der Waals surface area contributed by atoms with Crippen molar-refractivity contribution in [3.05, 3.63) is 52.1 Å². The number of hydrogen-bond donors (Lipinski definition) is 1. The monoisotopic (exact) mass is 408 g/mol. The lowest BCUT2D eigenvalue weighted by Gasteiger charge is -2.34. The largest absolute Gasteiger partial charge is 0.342 e. The van der Waals surface area contributed by atoms with E-state index in [1.165, 1.54) is 0 Å². The minimum atomic E-state index is -0.280. The number of fused-ring (bicyclic) bond motifs is 1. The van der Waals surface area contributed by atoms with Crippen LogP contribution in [0.4, 0.5) is 0 Å². The van der Waals surface area contributed by atoms with Crippen molar-refractivity contribution in [3.63, 3.8) is 0 Å². The molecule has 3 aromatic rings. The third-order valence-electron chi connectivity index (χ3n) is 6.02.